The summed E-state index contributed by atoms with van der Waals surface area (Å²) in [4.78, 5) is 3.20. The van der Waals surface area contributed by atoms with Crippen molar-refractivity contribution in [1.82, 2.24) is 30.0 Å². The molecule has 3 fully saturated rings. The Labute approximate surface area is 653 Å². The summed E-state index contributed by atoms with van der Waals surface area (Å²) in [5.74, 6) is 0. The highest BCUT2D eigenvalue weighted by molar-refractivity contribution is 5.23. The van der Waals surface area contributed by atoms with Gasteiger partial charge in [-0.2, -0.15) is 0 Å². The van der Waals surface area contributed by atoms with Crippen molar-refractivity contribution in [2.45, 2.75) is 171 Å². The lowest BCUT2D eigenvalue weighted by molar-refractivity contribution is -0.271. The summed E-state index contributed by atoms with van der Waals surface area (Å²) < 4.78 is 101. The van der Waals surface area contributed by atoms with Gasteiger partial charge in [-0.3, -0.25) is 0 Å². The summed E-state index contributed by atoms with van der Waals surface area (Å²) in [6.07, 6.45) is -7.72. The summed E-state index contributed by atoms with van der Waals surface area (Å²) in [5.41, 5.74) is 19.3. The van der Waals surface area contributed by atoms with E-state index < -0.39 is 91.6 Å². The van der Waals surface area contributed by atoms with Gasteiger partial charge in [-0.25, -0.2) is 9.36 Å². The van der Waals surface area contributed by atoms with E-state index in [0.29, 0.717) is 24.4 Å². The fourth-order valence-electron chi connectivity index (χ4n) is 14.5. The van der Waals surface area contributed by atoms with Crippen LogP contribution in [0.25, 0.3) is 10.4 Å². The average molecular weight is 1510 g/mol. The first-order valence-corrected chi connectivity index (χ1v) is 38.2. The Morgan fingerprint density at radius 1 is 0.330 bits per heavy atom. The molecule has 580 valence electrons. The van der Waals surface area contributed by atoms with Gasteiger partial charge < -0.3 is 66.3 Å². The van der Waals surface area contributed by atoms with E-state index in [0.717, 1.165) is 50.1 Å². The predicted octanol–water partition coefficient (Wildman–Crippen LogP) is 14.8. The maximum Gasteiger partial charge on any atom is 0.146 e. The van der Waals surface area contributed by atoms with Gasteiger partial charge in [-0.15, -0.1) is 10.2 Å². The molecule has 3 aliphatic rings. The highest BCUT2D eigenvalue weighted by Crippen LogP contribution is 2.42. The number of methoxy groups -OCH3 is 1. The summed E-state index contributed by atoms with van der Waals surface area (Å²) in [5, 5.41) is 23.9. The first-order valence-electron chi connectivity index (χ1n) is 38.2. The third-order valence-corrected chi connectivity index (χ3v) is 20.1. The van der Waals surface area contributed by atoms with Gasteiger partial charge in [0.25, 0.3) is 0 Å². The monoisotopic (exact) mass is 1510 g/mol. The molecule has 112 heavy (non-hydrogen) atoms. The second-order valence-corrected chi connectivity index (χ2v) is 28.0. The van der Waals surface area contributed by atoms with E-state index in [4.69, 9.17) is 86.9 Å². The molecule has 0 saturated carbocycles. The fraction of sp³-hybridized carbons (Fsp3) is 0.348. The van der Waals surface area contributed by atoms with Gasteiger partial charge in [-0.1, -0.05) is 289 Å². The second kappa shape index (κ2) is 41.5. The Bertz CT molecular complexity index is 4530. The molecule has 5 heterocycles. The number of rotatable bonds is 40. The largest absolute Gasteiger partial charge is 0.368 e. The van der Waals surface area contributed by atoms with E-state index in [1.54, 1.807) is 16.5 Å². The molecule has 15 atom stereocenters. The van der Waals surface area contributed by atoms with Crippen LogP contribution in [-0.2, 0) is 139 Å². The zero-order valence-electron chi connectivity index (χ0n) is 62.6. The van der Waals surface area contributed by atoms with Crippen LogP contribution in [0.3, 0.4) is 0 Å². The van der Waals surface area contributed by atoms with Gasteiger partial charge >= 0.3 is 0 Å². The molecule has 23 nitrogen and oxygen atoms in total. The van der Waals surface area contributed by atoms with Gasteiger partial charge in [0.2, 0.25) is 0 Å². The van der Waals surface area contributed by atoms with Crippen molar-refractivity contribution in [1.29, 1.82) is 0 Å². The molecule has 0 N–H and O–H groups in total. The van der Waals surface area contributed by atoms with Crippen LogP contribution in [0.1, 0.15) is 80.1 Å². The lowest BCUT2D eigenvalue weighted by Gasteiger charge is -2.46. The molecule has 14 rings (SSSR count). The molecule has 2 aromatic heterocycles. The topological polar surface area (TPSA) is 239 Å². The molecule has 11 aromatic rings. The standard InChI is InChI=1S/C89H95N9O14/c1-99-63-100-48-47-75-81(101-54-64-29-11-2-12-30-64)87(107-60-70-41-23-8-24-42-70)83(103-56-66-33-15-4-16-34-66)77(110-75)52-97-51-74(93-95-97)80-86(106-59-69-39-21-7-22-40-69)89(109-62-72-45-27-10-28-46-72)84(104-57-67-35-17-5-18-36-67)78(112-80)53-98-50-73(92-96-98)79-85(105-58-68-37-19-6-20-38-68)88(108-61-71-43-25-9-26-44-71)82(76(111-79)49-91-94-90)102-55-65-31-13-3-14-32-65/h2-46,50-51,75-89H,47-49,52-63H2,1H3/t75-,76?,77?,78?,79-,80-,81?,82-,83-,84-,85?,86?,87?,88?,89?/m1/s1. The minimum Gasteiger partial charge on any atom is -0.368 e. The second-order valence-electron chi connectivity index (χ2n) is 28.0. The van der Waals surface area contributed by atoms with Crippen molar-refractivity contribution in [2.24, 2.45) is 5.11 Å². The van der Waals surface area contributed by atoms with E-state index in [9.17, 15) is 5.53 Å². The van der Waals surface area contributed by atoms with Crippen molar-refractivity contribution in [3.05, 3.63) is 357 Å². The number of benzene rings is 9. The quantitative estimate of drug-likeness (QED) is 0.0114. The van der Waals surface area contributed by atoms with Crippen molar-refractivity contribution in [3.8, 4) is 0 Å². The molecule has 3 saturated heterocycles. The maximum atomic E-state index is 9.93. The van der Waals surface area contributed by atoms with E-state index in [1.165, 1.54) is 0 Å². The normalized spacial score (nSPS) is 23.8. The maximum absolute atomic E-state index is 9.93. The van der Waals surface area contributed by atoms with Crippen molar-refractivity contribution >= 4 is 0 Å². The highest BCUT2D eigenvalue weighted by Gasteiger charge is 2.53. The minimum absolute atomic E-state index is 0.0680. The molecular formula is C89H95N9O14. The Kier molecular flexibility index (Phi) is 29.2. The van der Waals surface area contributed by atoms with Gasteiger partial charge in [-0.05, 0) is 62.0 Å². The summed E-state index contributed by atoms with van der Waals surface area (Å²) >= 11 is 0. The molecule has 0 aliphatic carbocycles. The summed E-state index contributed by atoms with van der Waals surface area (Å²) in [6, 6.07) is 89.9. The summed E-state index contributed by atoms with van der Waals surface area (Å²) in [7, 11) is 1.60. The van der Waals surface area contributed by atoms with Gasteiger partial charge in [0.1, 0.15) is 97.5 Å². The summed E-state index contributed by atoms with van der Waals surface area (Å²) in [6.45, 7) is 2.52. The van der Waals surface area contributed by atoms with Crippen LogP contribution in [-0.4, -0.2) is 136 Å². The van der Waals surface area contributed by atoms with E-state index in [1.807, 2.05) is 285 Å². The third-order valence-electron chi connectivity index (χ3n) is 20.1. The first kappa shape index (κ1) is 78.7. The van der Waals surface area contributed by atoms with Gasteiger partial charge in [0.15, 0.2) is 0 Å². The van der Waals surface area contributed by atoms with Crippen LogP contribution in [0.4, 0.5) is 0 Å². The van der Waals surface area contributed by atoms with Crippen LogP contribution in [0.2, 0.25) is 0 Å². The lowest BCUT2D eigenvalue weighted by atomic mass is 9.91. The van der Waals surface area contributed by atoms with Crippen LogP contribution >= 0.6 is 0 Å². The number of hydrogen-bond acceptors (Lipinski definition) is 19. The fourth-order valence-corrected chi connectivity index (χ4v) is 14.5. The SMILES string of the molecule is COCOCC[C@H]1OC(Cn2cc([C@H]3OC(Cn4cc([C@H]5OC(CN=[N+]=[N-])[C@@H](OCc6ccccc6)C(OCc6ccccc6)C5OCc5ccccc5)nn4)[C@@H](OCc4ccccc4)C(OCc4ccccc4)C3OCc3ccccc3)nn2)[C@@H](OCc2ccccc2)C(OCc2ccccc2)C1OCc1ccccc1. The third kappa shape index (κ3) is 22.0. The van der Waals surface area contributed by atoms with E-state index in [-0.39, 0.29) is 85.9 Å². The van der Waals surface area contributed by atoms with Crippen molar-refractivity contribution in [2.75, 3.05) is 27.1 Å². The molecule has 0 bridgehead atoms. The predicted molar refractivity (Wildman–Crippen MR) is 416 cm³/mol. The Morgan fingerprint density at radius 3 is 0.893 bits per heavy atom. The zero-order valence-corrected chi connectivity index (χ0v) is 62.6. The van der Waals surface area contributed by atoms with Crippen LogP contribution in [0, 0.1) is 0 Å². The van der Waals surface area contributed by atoms with Crippen LogP contribution in [0.5, 0.6) is 0 Å². The van der Waals surface area contributed by atoms with Crippen LogP contribution < -0.4 is 0 Å². The number of ether oxygens (including phenoxy) is 14. The molecule has 9 aromatic carbocycles. The smallest absolute Gasteiger partial charge is 0.146 e. The van der Waals surface area contributed by atoms with Crippen molar-refractivity contribution < 1.29 is 66.3 Å². The van der Waals surface area contributed by atoms with Crippen molar-refractivity contribution in [3.63, 3.8) is 0 Å². The molecule has 0 radical (unpaired) electrons. The molecule has 3 aliphatic heterocycles. The van der Waals surface area contributed by atoms with E-state index in [2.05, 4.69) is 10.0 Å². The lowest BCUT2D eigenvalue weighted by Crippen LogP contribution is -2.61. The highest BCUT2D eigenvalue weighted by atomic mass is 16.7. The molecule has 0 spiro atoms. The number of hydrogen-bond donors (Lipinski definition) is 0. The van der Waals surface area contributed by atoms with Gasteiger partial charge in [0, 0.05) is 12.0 Å². The Balaban J connectivity index is 0.834. The van der Waals surface area contributed by atoms with E-state index >= 15 is 0 Å². The first-order chi connectivity index (χ1) is 55.4. The number of nitrogens with zero attached hydrogens (tertiary/aromatic N) is 9. The Hall–Kier alpha value is -9.99. The van der Waals surface area contributed by atoms with Gasteiger partial charge in [0.05, 0.1) is 110 Å². The molecule has 23 heteroatoms. The molecule has 9 unspecified atom stereocenters. The van der Waals surface area contributed by atoms with Crippen LogP contribution in [0.15, 0.2) is 290 Å². The minimum atomic E-state index is -0.960. The number of aromatic nitrogens is 6. The molecule has 0 amide bonds. The Morgan fingerprint density at radius 2 is 0.589 bits per heavy atom. The molecular weight excluding hydrogens is 1420 g/mol. The average Bonchev–Trinajstić information content (AvgIpc) is 1.31. The number of azide groups is 1. The zero-order chi connectivity index (χ0) is 76.1.